The molecule has 1 saturated carbocycles. The SMILES string of the molecule is Nc1ccc(Br)c(CNC2CC2c2ccccc2)c1. The lowest BCUT2D eigenvalue weighted by Gasteiger charge is -2.08. The standard InChI is InChI=1S/C16H17BrN2/c17-15-7-6-13(18)8-12(15)10-19-16-9-14(16)11-4-2-1-3-5-11/h1-8,14,16,19H,9-10,18H2. The highest BCUT2D eigenvalue weighted by molar-refractivity contribution is 9.10. The van der Waals surface area contributed by atoms with Gasteiger partial charge < -0.3 is 11.1 Å². The number of nitrogens with one attached hydrogen (secondary N) is 1. The average molecular weight is 317 g/mol. The summed E-state index contributed by atoms with van der Waals surface area (Å²) >= 11 is 3.57. The third-order valence-electron chi connectivity index (χ3n) is 3.64. The summed E-state index contributed by atoms with van der Waals surface area (Å²) < 4.78 is 1.12. The molecule has 98 valence electrons. The lowest BCUT2D eigenvalue weighted by atomic mass is 10.1. The monoisotopic (exact) mass is 316 g/mol. The maximum absolute atomic E-state index is 5.82. The van der Waals surface area contributed by atoms with E-state index in [1.54, 1.807) is 0 Å². The molecule has 1 aliphatic carbocycles. The van der Waals surface area contributed by atoms with Gasteiger partial charge in [-0.25, -0.2) is 0 Å². The molecule has 0 amide bonds. The lowest BCUT2D eigenvalue weighted by Crippen LogP contribution is -2.17. The zero-order valence-electron chi connectivity index (χ0n) is 10.6. The Balaban J connectivity index is 1.59. The Labute approximate surface area is 122 Å². The van der Waals surface area contributed by atoms with Crippen LogP contribution in [0.5, 0.6) is 0 Å². The zero-order valence-corrected chi connectivity index (χ0v) is 12.2. The first-order valence-electron chi connectivity index (χ1n) is 6.56. The fourth-order valence-corrected chi connectivity index (χ4v) is 2.85. The normalized spacial score (nSPS) is 21.3. The fourth-order valence-electron chi connectivity index (χ4n) is 2.46. The van der Waals surface area contributed by atoms with Gasteiger partial charge in [0.1, 0.15) is 0 Å². The van der Waals surface area contributed by atoms with Gasteiger partial charge in [-0.3, -0.25) is 0 Å². The topological polar surface area (TPSA) is 38.0 Å². The summed E-state index contributed by atoms with van der Waals surface area (Å²) in [5.74, 6) is 0.668. The molecule has 2 atom stereocenters. The van der Waals surface area contributed by atoms with Crippen LogP contribution in [0.15, 0.2) is 53.0 Å². The van der Waals surface area contributed by atoms with Crippen LogP contribution in [0, 0.1) is 0 Å². The molecule has 3 rings (SSSR count). The van der Waals surface area contributed by atoms with Crippen LogP contribution < -0.4 is 11.1 Å². The number of nitrogens with two attached hydrogens (primary N) is 1. The molecular weight excluding hydrogens is 300 g/mol. The second kappa shape index (κ2) is 5.35. The van der Waals surface area contributed by atoms with Crippen molar-refractivity contribution >= 4 is 21.6 Å². The predicted octanol–water partition coefficient (Wildman–Crippen LogP) is 3.68. The second-order valence-corrected chi connectivity index (χ2v) is 5.95. The number of benzene rings is 2. The molecule has 19 heavy (non-hydrogen) atoms. The van der Waals surface area contributed by atoms with Crippen molar-refractivity contribution in [3.63, 3.8) is 0 Å². The van der Waals surface area contributed by atoms with E-state index in [2.05, 4.69) is 51.6 Å². The van der Waals surface area contributed by atoms with E-state index in [-0.39, 0.29) is 0 Å². The van der Waals surface area contributed by atoms with Gasteiger partial charge in [0.05, 0.1) is 0 Å². The average Bonchev–Trinajstić information content (AvgIpc) is 3.20. The van der Waals surface area contributed by atoms with Crippen molar-refractivity contribution in [3.05, 3.63) is 64.1 Å². The zero-order chi connectivity index (χ0) is 13.2. The maximum atomic E-state index is 5.82. The highest BCUT2D eigenvalue weighted by Gasteiger charge is 2.37. The van der Waals surface area contributed by atoms with Gasteiger partial charge in [-0.1, -0.05) is 46.3 Å². The minimum atomic E-state index is 0.593. The van der Waals surface area contributed by atoms with Crippen LogP contribution >= 0.6 is 15.9 Å². The van der Waals surface area contributed by atoms with Gasteiger partial charge >= 0.3 is 0 Å². The van der Waals surface area contributed by atoms with E-state index < -0.39 is 0 Å². The number of rotatable bonds is 4. The van der Waals surface area contributed by atoms with Gasteiger partial charge in [0.2, 0.25) is 0 Å². The highest BCUT2D eigenvalue weighted by Crippen LogP contribution is 2.40. The number of hydrogen-bond donors (Lipinski definition) is 2. The summed E-state index contributed by atoms with van der Waals surface area (Å²) in [6, 6.07) is 17.3. The Morgan fingerprint density at radius 3 is 2.74 bits per heavy atom. The van der Waals surface area contributed by atoms with E-state index in [0.717, 1.165) is 16.7 Å². The molecule has 0 aromatic heterocycles. The van der Waals surface area contributed by atoms with E-state index in [1.807, 2.05) is 18.2 Å². The number of nitrogen functional groups attached to an aromatic ring is 1. The molecule has 0 bridgehead atoms. The molecule has 2 nitrogen and oxygen atoms in total. The summed E-state index contributed by atoms with van der Waals surface area (Å²) in [5.41, 5.74) is 9.29. The van der Waals surface area contributed by atoms with Crippen LogP contribution in [0.1, 0.15) is 23.5 Å². The van der Waals surface area contributed by atoms with Crippen molar-refractivity contribution < 1.29 is 0 Å². The first-order chi connectivity index (χ1) is 9.24. The van der Waals surface area contributed by atoms with Crippen LogP contribution in [0.2, 0.25) is 0 Å². The molecule has 3 N–H and O–H groups in total. The van der Waals surface area contributed by atoms with Crippen LogP contribution in [0.4, 0.5) is 5.69 Å². The van der Waals surface area contributed by atoms with Crippen LogP contribution in [-0.4, -0.2) is 6.04 Å². The van der Waals surface area contributed by atoms with E-state index in [9.17, 15) is 0 Å². The molecule has 2 aromatic carbocycles. The number of halogens is 1. The molecular formula is C16H17BrN2. The molecule has 0 saturated heterocycles. The van der Waals surface area contributed by atoms with E-state index >= 15 is 0 Å². The minimum Gasteiger partial charge on any atom is -0.399 e. The minimum absolute atomic E-state index is 0.593. The summed E-state index contributed by atoms with van der Waals surface area (Å²) in [5, 5.41) is 3.60. The Morgan fingerprint density at radius 1 is 1.16 bits per heavy atom. The number of anilines is 1. The van der Waals surface area contributed by atoms with E-state index in [4.69, 9.17) is 5.73 Å². The molecule has 0 radical (unpaired) electrons. The van der Waals surface area contributed by atoms with Gasteiger partial charge in [0.25, 0.3) is 0 Å². The molecule has 0 aliphatic heterocycles. The molecule has 0 heterocycles. The van der Waals surface area contributed by atoms with Gasteiger partial charge in [0.15, 0.2) is 0 Å². The van der Waals surface area contributed by atoms with Crippen molar-refractivity contribution in [2.75, 3.05) is 5.73 Å². The summed E-state index contributed by atoms with van der Waals surface area (Å²) in [7, 11) is 0. The third kappa shape index (κ3) is 2.99. The maximum Gasteiger partial charge on any atom is 0.0318 e. The van der Waals surface area contributed by atoms with Gasteiger partial charge in [-0.2, -0.15) is 0 Å². The third-order valence-corrected chi connectivity index (χ3v) is 4.42. The van der Waals surface area contributed by atoms with Crippen molar-refractivity contribution in [1.82, 2.24) is 5.32 Å². The van der Waals surface area contributed by atoms with Gasteiger partial charge in [-0.15, -0.1) is 0 Å². The molecule has 1 fully saturated rings. The van der Waals surface area contributed by atoms with E-state index in [1.165, 1.54) is 17.5 Å². The van der Waals surface area contributed by atoms with Crippen LogP contribution in [-0.2, 0) is 6.54 Å². The van der Waals surface area contributed by atoms with Crippen molar-refractivity contribution in [2.45, 2.75) is 24.9 Å². The first-order valence-corrected chi connectivity index (χ1v) is 7.35. The van der Waals surface area contributed by atoms with Crippen LogP contribution in [0.25, 0.3) is 0 Å². The first kappa shape index (κ1) is 12.7. The smallest absolute Gasteiger partial charge is 0.0318 e. The Hall–Kier alpha value is -1.32. The molecule has 0 spiro atoms. The Bertz CT molecular complexity index is 568. The van der Waals surface area contributed by atoms with Gasteiger partial charge in [-0.05, 0) is 35.7 Å². The summed E-state index contributed by atoms with van der Waals surface area (Å²) in [4.78, 5) is 0. The number of hydrogen-bond acceptors (Lipinski definition) is 2. The Morgan fingerprint density at radius 2 is 1.95 bits per heavy atom. The van der Waals surface area contributed by atoms with Crippen molar-refractivity contribution in [1.29, 1.82) is 0 Å². The molecule has 1 aliphatic rings. The molecule has 2 unspecified atom stereocenters. The predicted molar refractivity (Wildman–Crippen MR) is 83.0 cm³/mol. The van der Waals surface area contributed by atoms with Gasteiger partial charge in [0, 0.05) is 28.7 Å². The largest absolute Gasteiger partial charge is 0.399 e. The lowest BCUT2D eigenvalue weighted by molar-refractivity contribution is 0.671. The van der Waals surface area contributed by atoms with E-state index in [0.29, 0.717) is 12.0 Å². The van der Waals surface area contributed by atoms with Crippen molar-refractivity contribution in [3.8, 4) is 0 Å². The summed E-state index contributed by atoms with van der Waals surface area (Å²) in [6.07, 6.45) is 1.23. The fraction of sp³-hybridized carbons (Fsp3) is 0.250. The Kier molecular flexibility index (Phi) is 3.58. The molecule has 3 heteroatoms. The molecule has 2 aromatic rings. The second-order valence-electron chi connectivity index (χ2n) is 5.09. The van der Waals surface area contributed by atoms with Crippen molar-refractivity contribution in [2.24, 2.45) is 0 Å². The summed E-state index contributed by atoms with van der Waals surface area (Å²) in [6.45, 7) is 0.861. The highest BCUT2D eigenvalue weighted by atomic mass is 79.9. The quantitative estimate of drug-likeness (QED) is 0.844. The van der Waals surface area contributed by atoms with Crippen LogP contribution in [0.3, 0.4) is 0 Å².